The van der Waals surface area contributed by atoms with Crippen molar-refractivity contribution in [2.75, 3.05) is 0 Å². The summed E-state index contributed by atoms with van der Waals surface area (Å²) >= 11 is 0. The first-order valence-electron chi connectivity index (χ1n) is 4.73. The highest BCUT2D eigenvalue weighted by atomic mass is 16.4. The average molecular weight is 180 g/mol. The fourth-order valence-corrected chi connectivity index (χ4v) is 1.84. The zero-order chi connectivity index (χ0) is 9.68. The maximum Gasteiger partial charge on any atom is 0.307 e. The Labute approximate surface area is 79.0 Å². The molecule has 0 aromatic heterocycles. The fraction of sp³-hybridized carbons (Fsp3) is 0.545. The van der Waals surface area contributed by atoms with E-state index in [4.69, 9.17) is 5.11 Å². The molecule has 2 atom stereocenters. The van der Waals surface area contributed by atoms with Gasteiger partial charge in [0, 0.05) is 0 Å². The predicted octanol–water partition coefficient (Wildman–Crippen LogP) is 2.62. The van der Waals surface area contributed by atoms with Crippen LogP contribution in [-0.4, -0.2) is 11.1 Å². The topological polar surface area (TPSA) is 37.3 Å². The maximum atomic E-state index is 9.53. The van der Waals surface area contributed by atoms with Crippen LogP contribution in [0.5, 0.6) is 0 Å². The van der Waals surface area contributed by atoms with Crippen LogP contribution in [0, 0.1) is 11.8 Å². The number of hydrogen-bond acceptors (Lipinski definition) is 1. The minimum atomic E-state index is -0.829. The number of carbonyl (C=O) groups is 1. The smallest absolute Gasteiger partial charge is 0.307 e. The first-order valence-corrected chi connectivity index (χ1v) is 4.73. The summed E-state index contributed by atoms with van der Waals surface area (Å²) in [5.41, 5.74) is 0. The third-order valence-corrected chi connectivity index (χ3v) is 2.49. The van der Waals surface area contributed by atoms with E-state index in [1.54, 1.807) is 0 Å². The van der Waals surface area contributed by atoms with E-state index >= 15 is 0 Å². The highest BCUT2D eigenvalue weighted by Crippen LogP contribution is 2.38. The van der Waals surface area contributed by atoms with Gasteiger partial charge >= 0.3 is 5.97 Å². The van der Waals surface area contributed by atoms with Crippen molar-refractivity contribution >= 4 is 5.97 Å². The van der Waals surface area contributed by atoms with Gasteiger partial charge < -0.3 is 5.11 Å². The van der Waals surface area contributed by atoms with Crippen molar-refractivity contribution in [3.63, 3.8) is 0 Å². The summed E-state index contributed by atoms with van der Waals surface area (Å²) in [5.74, 6) is 1.15. The molecular weight excluding hydrogens is 164 g/mol. The van der Waals surface area contributed by atoms with Gasteiger partial charge in [0.2, 0.25) is 0 Å². The third-order valence-electron chi connectivity index (χ3n) is 2.49. The molecule has 0 radical (unpaired) electrons. The second kappa shape index (κ2) is 4.85. The van der Waals surface area contributed by atoms with E-state index in [1.807, 2.05) is 0 Å². The van der Waals surface area contributed by atoms with E-state index in [0.717, 1.165) is 11.8 Å². The second-order valence-electron chi connectivity index (χ2n) is 3.60. The molecule has 2 unspecified atom stereocenters. The lowest BCUT2D eigenvalue weighted by molar-refractivity contribution is -0.135. The van der Waals surface area contributed by atoms with Crippen LogP contribution in [0.4, 0.5) is 0 Å². The highest BCUT2D eigenvalue weighted by Gasteiger charge is 2.25. The molecule has 0 aromatic carbocycles. The van der Waals surface area contributed by atoms with Crippen LogP contribution < -0.4 is 0 Å². The van der Waals surface area contributed by atoms with Gasteiger partial charge in [0.1, 0.15) is 0 Å². The summed E-state index contributed by atoms with van der Waals surface area (Å²) in [6.45, 7) is 3.22. The molecule has 2 aliphatic rings. The molecule has 0 amide bonds. The molecule has 0 heterocycles. The molecule has 1 fully saturated rings. The molecule has 0 saturated heterocycles. The van der Waals surface area contributed by atoms with Crippen LogP contribution in [0.15, 0.2) is 24.8 Å². The van der Waals surface area contributed by atoms with Gasteiger partial charge in [0.25, 0.3) is 0 Å². The first kappa shape index (κ1) is 10.0. The average Bonchev–Trinajstić information content (AvgIpc) is 2.66. The number of rotatable bonds is 2. The van der Waals surface area contributed by atoms with Gasteiger partial charge in [0.15, 0.2) is 0 Å². The summed E-state index contributed by atoms with van der Waals surface area (Å²) in [7, 11) is 0. The lowest BCUT2D eigenvalue weighted by atomic mass is 10.1. The molecule has 2 aliphatic carbocycles. The van der Waals surface area contributed by atoms with Crippen molar-refractivity contribution in [2.24, 2.45) is 11.8 Å². The Balaban J connectivity index is 0.000000133. The van der Waals surface area contributed by atoms with Crippen molar-refractivity contribution < 1.29 is 9.90 Å². The molecule has 2 rings (SSSR count). The Hall–Kier alpha value is -1.05. The van der Waals surface area contributed by atoms with Gasteiger partial charge in [-0.3, -0.25) is 4.79 Å². The SMILES string of the molecule is C1=CC2CCC1C2.C=CCC(=O)O. The van der Waals surface area contributed by atoms with Crippen LogP contribution in [0.3, 0.4) is 0 Å². The van der Waals surface area contributed by atoms with Gasteiger partial charge in [-0.05, 0) is 31.1 Å². The molecule has 72 valence electrons. The number of aliphatic carboxylic acids is 1. The number of hydrogen-bond donors (Lipinski definition) is 1. The maximum absolute atomic E-state index is 9.53. The highest BCUT2D eigenvalue weighted by molar-refractivity contribution is 5.68. The van der Waals surface area contributed by atoms with Crippen molar-refractivity contribution in [3.05, 3.63) is 24.8 Å². The van der Waals surface area contributed by atoms with E-state index in [9.17, 15) is 4.79 Å². The monoisotopic (exact) mass is 180 g/mol. The molecule has 0 aromatic rings. The molecule has 2 bridgehead atoms. The Morgan fingerprint density at radius 1 is 1.46 bits per heavy atom. The molecule has 1 N–H and O–H groups in total. The summed E-state index contributed by atoms with van der Waals surface area (Å²) in [4.78, 5) is 9.53. The molecule has 1 saturated carbocycles. The summed E-state index contributed by atoms with van der Waals surface area (Å²) < 4.78 is 0. The Morgan fingerprint density at radius 2 is 2.00 bits per heavy atom. The molecular formula is C11H16O2. The van der Waals surface area contributed by atoms with Crippen LogP contribution >= 0.6 is 0 Å². The fourth-order valence-electron chi connectivity index (χ4n) is 1.84. The van der Waals surface area contributed by atoms with Crippen LogP contribution in [0.2, 0.25) is 0 Å². The quantitative estimate of drug-likeness (QED) is 0.663. The van der Waals surface area contributed by atoms with E-state index in [0.29, 0.717) is 0 Å². The summed E-state index contributed by atoms with van der Waals surface area (Å²) in [5, 5.41) is 7.84. The van der Waals surface area contributed by atoms with E-state index in [2.05, 4.69) is 18.7 Å². The number of allylic oxidation sites excluding steroid dienone is 2. The lowest BCUT2D eigenvalue weighted by Crippen LogP contribution is -1.88. The molecule has 13 heavy (non-hydrogen) atoms. The van der Waals surface area contributed by atoms with Gasteiger partial charge in [-0.2, -0.15) is 0 Å². The summed E-state index contributed by atoms with van der Waals surface area (Å²) in [6, 6.07) is 0. The normalized spacial score (nSPS) is 28.0. The second-order valence-corrected chi connectivity index (χ2v) is 3.60. The summed E-state index contributed by atoms with van der Waals surface area (Å²) in [6.07, 6.45) is 10.6. The molecule has 0 spiro atoms. The molecule has 2 nitrogen and oxygen atoms in total. The lowest BCUT2D eigenvalue weighted by Gasteiger charge is -1.96. The Morgan fingerprint density at radius 3 is 2.08 bits per heavy atom. The zero-order valence-corrected chi connectivity index (χ0v) is 7.78. The van der Waals surface area contributed by atoms with Crippen LogP contribution in [0.1, 0.15) is 25.7 Å². The van der Waals surface area contributed by atoms with Crippen LogP contribution in [-0.2, 0) is 4.79 Å². The Kier molecular flexibility index (Phi) is 3.74. The van der Waals surface area contributed by atoms with Gasteiger partial charge in [0.05, 0.1) is 6.42 Å². The number of carboxylic acids is 1. The minimum Gasteiger partial charge on any atom is -0.481 e. The van der Waals surface area contributed by atoms with E-state index in [-0.39, 0.29) is 6.42 Å². The zero-order valence-electron chi connectivity index (χ0n) is 7.78. The predicted molar refractivity (Wildman–Crippen MR) is 52.4 cm³/mol. The van der Waals surface area contributed by atoms with Crippen LogP contribution in [0.25, 0.3) is 0 Å². The van der Waals surface area contributed by atoms with Crippen molar-refractivity contribution in [2.45, 2.75) is 25.7 Å². The van der Waals surface area contributed by atoms with E-state index in [1.165, 1.54) is 25.3 Å². The molecule has 2 heteroatoms. The third kappa shape index (κ3) is 3.45. The van der Waals surface area contributed by atoms with Gasteiger partial charge in [-0.15, -0.1) is 6.58 Å². The molecule has 0 aliphatic heterocycles. The number of fused-ring (bicyclic) bond motifs is 2. The first-order chi connectivity index (χ1) is 6.22. The minimum absolute atomic E-state index is 0.0556. The van der Waals surface area contributed by atoms with E-state index < -0.39 is 5.97 Å². The van der Waals surface area contributed by atoms with Crippen molar-refractivity contribution in [1.82, 2.24) is 0 Å². The number of carboxylic acid groups (broad SMARTS) is 1. The van der Waals surface area contributed by atoms with Crippen molar-refractivity contribution in [1.29, 1.82) is 0 Å². The van der Waals surface area contributed by atoms with Crippen molar-refractivity contribution in [3.8, 4) is 0 Å². The van der Waals surface area contributed by atoms with Gasteiger partial charge in [-0.1, -0.05) is 18.2 Å². The Bertz CT molecular complexity index is 206. The largest absolute Gasteiger partial charge is 0.481 e. The standard InChI is InChI=1S/C7H10.C4H6O2/c1-2-7-4-3-6(1)5-7;1-2-3-4(5)6/h1-2,6-7H,3-5H2;2H,1,3H2,(H,5,6). The van der Waals surface area contributed by atoms with Gasteiger partial charge in [-0.25, -0.2) is 0 Å².